The van der Waals surface area contributed by atoms with Crippen molar-refractivity contribution < 1.29 is 25.9 Å². The van der Waals surface area contributed by atoms with E-state index in [1.54, 1.807) is 12.1 Å². The summed E-state index contributed by atoms with van der Waals surface area (Å²) in [6.07, 6.45) is 0. The minimum absolute atomic E-state index is 0.0894. The first kappa shape index (κ1) is 35.1. The highest BCUT2D eigenvalue weighted by Gasteiger charge is 2.19. The van der Waals surface area contributed by atoms with Crippen LogP contribution >= 0.6 is 11.6 Å². The van der Waals surface area contributed by atoms with Crippen LogP contribution in [0.4, 0.5) is 11.4 Å². The molecule has 250 valence electrons. The summed E-state index contributed by atoms with van der Waals surface area (Å²) in [7, 11) is -8.58. The first-order chi connectivity index (χ1) is 22.9. The average Bonchev–Trinajstić information content (AvgIpc) is 3.07. The molecule has 0 heterocycles. The van der Waals surface area contributed by atoms with Crippen LogP contribution in [-0.2, 0) is 33.3 Å². The third-order valence-electron chi connectivity index (χ3n) is 8.29. The van der Waals surface area contributed by atoms with Crippen molar-refractivity contribution in [2.24, 2.45) is 0 Å². The van der Waals surface area contributed by atoms with Crippen molar-refractivity contribution >= 4 is 43.2 Å². The van der Waals surface area contributed by atoms with Gasteiger partial charge in [0.1, 0.15) is 0 Å². The molecule has 0 saturated heterocycles. The standard InChI is InChI=1S/C37H37ClN2O6S2/c1-3-39(25-27-7-5-9-35(23-27)47(41,42)43)33-19-13-30(14-20-33)37(29-11-17-32(38)18-12-29)31-15-21-34(22-16-31)40(4-2)26-28-8-6-10-36(24-28)48(44,45)46/h5-24,37H,3-4,25-26H2,1-2H3,(H,41,42,43)(H,44,45,46). The minimum atomic E-state index is -4.29. The first-order valence-electron chi connectivity index (χ1n) is 15.4. The van der Waals surface area contributed by atoms with Gasteiger partial charge >= 0.3 is 0 Å². The molecule has 0 bridgehead atoms. The monoisotopic (exact) mass is 704 g/mol. The van der Waals surface area contributed by atoms with Gasteiger partial charge in [0.15, 0.2) is 0 Å². The molecular weight excluding hydrogens is 668 g/mol. The SMILES string of the molecule is CCN(Cc1cccc(S(=O)(=O)O)c1)c1ccc(C(c2ccc(Cl)cc2)c2ccc(N(CC)Cc3cccc(S(=O)(=O)O)c3)cc2)cc1. The predicted molar refractivity (Wildman–Crippen MR) is 191 cm³/mol. The number of hydrogen-bond acceptors (Lipinski definition) is 6. The van der Waals surface area contributed by atoms with Crippen molar-refractivity contribution in [2.75, 3.05) is 22.9 Å². The Hall–Kier alpha value is -4.19. The maximum Gasteiger partial charge on any atom is 0.294 e. The molecule has 0 atom stereocenters. The molecule has 0 amide bonds. The molecule has 11 heteroatoms. The molecule has 48 heavy (non-hydrogen) atoms. The average molecular weight is 705 g/mol. The van der Waals surface area contributed by atoms with Crippen molar-refractivity contribution in [3.05, 3.63) is 154 Å². The highest BCUT2D eigenvalue weighted by molar-refractivity contribution is 7.86. The summed E-state index contributed by atoms with van der Waals surface area (Å²) >= 11 is 6.25. The molecule has 0 saturated carbocycles. The fourth-order valence-electron chi connectivity index (χ4n) is 5.81. The van der Waals surface area contributed by atoms with Crippen LogP contribution in [0.3, 0.4) is 0 Å². The Balaban J connectivity index is 1.41. The van der Waals surface area contributed by atoms with Gasteiger partial charge in [-0.2, -0.15) is 16.8 Å². The maximum absolute atomic E-state index is 11.7. The lowest BCUT2D eigenvalue weighted by Gasteiger charge is -2.26. The topological polar surface area (TPSA) is 115 Å². The van der Waals surface area contributed by atoms with E-state index in [4.69, 9.17) is 11.6 Å². The van der Waals surface area contributed by atoms with Crippen molar-refractivity contribution in [1.29, 1.82) is 0 Å². The predicted octanol–water partition coefficient (Wildman–Crippen LogP) is 8.07. The molecule has 5 rings (SSSR count). The van der Waals surface area contributed by atoms with Crippen molar-refractivity contribution in [3.63, 3.8) is 0 Å². The van der Waals surface area contributed by atoms with Gasteiger partial charge < -0.3 is 9.80 Å². The van der Waals surface area contributed by atoms with Crippen LogP contribution in [0.2, 0.25) is 5.02 Å². The van der Waals surface area contributed by atoms with Gasteiger partial charge in [0.2, 0.25) is 0 Å². The van der Waals surface area contributed by atoms with Crippen LogP contribution in [0.25, 0.3) is 0 Å². The Labute approximate surface area is 287 Å². The molecule has 0 aliphatic carbocycles. The van der Waals surface area contributed by atoms with Gasteiger partial charge in [-0.05, 0) is 102 Å². The number of hydrogen-bond donors (Lipinski definition) is 2. The van der Waals surface area contributed by atoms with Crippen molar-refractivity contribution in [2.45, 2.75) is 42.6 Å². The van der Waals surface area contributed by atoms with Crippen LogP contribution in [0, 0.1) is 0 Å². The minimum Gasteiger partial charge on any atom is -0.367 e. The molecule has 5 aromatic rings. The van der Waals surface area contributed by atoms with Crippen LogP contribution in [0.15, 0.2) is 131 Å². The molecular formula is C37H37ClN2O6S2. The van der Waals surface area contributed by atoms with Gasteiger partial charge in [0.25, 0.3) is 20.2 Å². The number of halogens is 1. The summed E-state index contributed by atoms with van der Waals surface area (Å²) in [4.78, 5) is 4.00. The second-order valence-electron chi connectivity index (χ2n) is 11.4. The van der Waals surface area contributed by atoms with Gasteiger partial charge in [-0.1, -0.05) is 72.3 Å². The normalized spacial score (nSPS) is 11.9. The third kappa shape index (κ3) is 8.63. The Bertz CT molecular complexity index is 1940. The number of benzene rings is 5. The molecule has 0 unspecified atom stereocenters. The fourth-order valence-corrected chi connectivity index (χ4v) is 7.04. The van der Waals surface area contributed by atoms with Gasteiger partial charge in [-0.15, -0.1) is 0 Å². The summed E-state index contributed by atoms with van der Waals surface area (Å²) in [6.45, 7) is 6.37. The molecule has 0 aromatic heterocycles. The summed E-state index contributed by atoms with van der Waals surface area (Å²) in [6, 6.07) is 37.1. The van der Waals surface area contributed by atoms with Gasteiger partial charge in [0, 0.05) is 48.5 Å². The summed E-state index contributed by atoms with van der Waals surface area (Å²) in [5, 5.41) is 0.650. The number of anilines is 2. The highest BCUT2D eigenvalue weighted by Crippen LogP contribution is 2.35. The lowest BCUT2D eigenvalue weighted by atomic mass is 9.85. The zero-order chi connectivity index (χ0) is 34.5. The number of nitrogens with zero attached hydrogens (tertiary/aromatic N) is 2. The van der Waals surface area contributed by atoms with E-state index in [1.807, 2.05) is 50.2 Å². The maximum atomic E-state index is 11.7. The largest absolute Gasteiger partial charge is 0.367 e. The Morgan fingerprint density at radius 2 is 0.917 bits per heavy atom. The second kappa shape index (κ2) is 14.9. The van der Waals surface area contributed by atoms with E-state index in [0.29, 0.717) is 31.2 Å². The molecule has 8 nitrogen and oxygen atoms in total. The molecule has 0 radical (unpaired) electrons. The van der Waals surface area contributed by atoms with Crippen molar-refractivity contribution in [1.82, 2.24) is 0 Å². The van der Waals surface area contributed by atoms with Crippen LogP contribution in [-0.4, -0.2) is 39.0 Å². The second-order valence-corrected chi connectivity index (χ2v) is 14.7. The lowest BCUT2D eigenvalue weighted by Crippen LogP contribution is -2.22. The first-order valence-corrected chi connectivity index (χ1v) is 18.7. The smallest absolute Gasteiger partial charge is 0.294 e. The third-order valence-corrected chi connectivity index (χ3v) is 10.2. The van der Waals surface area contributed by atoms with Gasteiger partial charge in [-0.25, -0.2) is 0 Å². The molecule has 0 spiro atoms. The summed E-state index contributed by atoms with van der Waals surface area (Å²) < 4.78 is 65.6. The fraction of sp³-hybridized carbons (Fsp3) is 0.189. The van der Waals surface area contributed by atoms with E-state index in [0.717, 1.165) is 39.2 Å². The Morgan fingerprint density at radius 1 is 0.562 bits per heavy atom. The summed E-state index contributed by atoms with van der Waals surface area (Å²) in [5.74, 6) is -0.0894. The zero-order valence-corrected chi connectivity index (χ0v) is 29.0. The Kier molecular flexibility index (Phi) is 10.9. The zero-order valence-electron chi connectivity index (χ0n) is 26.6. The van der Waals surface area contributed by atoms with E-state index in [9.17, 15) is 25.9 Å². The van der Waals surface area contributed by atoms with E-state index < -0.39 is 20.2 Å². The molecule has 0 fully saturated rings. The van der Waals surface area contributed by atoms with E-state index in [1.165, 1.54) is 24.3 Å². The van der Waals surface area contributed by atoms with E-state index in [2.05, 4.69) is 58.3 Å². The number of rotatable bonds is 13. The Morgan fingerprint density at radius 3 is 1.25 bits per heavy atom. The van der Waals surface area contributed by atoms with E-state index >= 15 is 0 Å². The lowest BCUT2D eigenvalue weighted by molar-refractivity contribution is 0.481. The van der Waals surface area contributed by atoms with Crippen LogP contribution in [0.5, 0.6) is 0 Å². The molecule has 2 N–H and O–H groups in total. The van der Waals surface area contributed by atoms with Crippen LogP contribution < -0.4 is 9.80 Å². The van der Waals surface area contributed by atoms with Gasteiger partial charge in [-0.3, -0.25) is 9.11 Å². The quantitative estimate of drug-likeness (QED) is 0.0934. The summed E-state index contributed by atoms with van der Waals surface area (Å²) in [5.41, 5.74) is 6.70. The molecule has 0 aliphatic rings. The van der Waals surface area contributed by atoms with Crippen LogP contribution in [0.1, 0.15) is 47.6 Å². The van der Waals surface area contributed by atoms with E-state index in [-0.39, 0.29) is 15.7 Å². The highest BCUT2D eigenvalue weighted by atomic mass is 35.5. The molecule has 0 aliphatic heterocycles. The van der Waals surface area contributed by atoms with Gasteiger partial charge in [0.05, 0.1) is 9.79 Å². The molecule has 5 aromatic carbocycles. The van der Waals surface area contributed by atoms with Crippen molar-refractivity contribution in [3.8, 4) is 0 Å².